The number of carbonyl (C=O) groups excluding carboxylic acids is 2. The largest absolute Gasteiger partial charge is 0.478 e. The predicted octanol–water partition coefficient (Wildman–Crippen LogP) is -2.79. The summed E-state index contributed by atoms with van der Waals surface area (Å²) in [5.74, 6) is -3.75. The highest BCUT2D eigenvalue weighted by Crippen LogP contribution is 2.43. The number of rotatable bonds is 27. The first-order valence-electron chi connectivity index (χ1n) is 20.0. The van der Waals surface area contributed by atoms with E-state index in [0.717, 1.165) is 74.9 Å². The number of carboxylic acid groups (broad SMARTS) is 2. The van der Waals surface area contributed by atoms with Gasteiger partial charge in [0.05, 0.1) is 37.4 Å². The highest BCUT2D eigenvalue weighted by Gasteiger charge is 2.57. The van der Waals surface area contributed by atoms with Gasteiger partial charge in [-0.25, -0.2) is 19.6 Å². The Morgan fingerprint density at radius 2 is 0.917 bits per heavy atom. The van der Waals surface area contributed by atoms with Crippen molar-refractivity contribution in [2.75, 3.05) is 24.7 Å². The van der Waals surface area contributed by atoms with Crippen LogP contribution in [0.1, 0.15) is 90.9 Å². The van der Waals surface area contributed by atoms with Gasteiger partial charge in [0.2, 0.25) is 21.7 Å². The van der Waals surface area contributed by atoms with Crippen molar-refractivity contribution < 1.29 is 69.5 Å². The standard InChI is InChI=1S/C36H66N8O14S2/c1-19(47)41-25-21(43-33(37)38)15-35(31(53)54,57-29(25)27(51)23(49)17-45)59-13-11-9-7-5-3-4-6-8-10-12-14-60-36(32(55)56)16-22(44-34(39)40)26(42-20(2)48)30(58-36)28(52)24(50)18-46/h21-30,45-46,49-52H,3-18H2,1-2H3,(H,41,47)(H,42,48)(H,53,54)(H,55,56)(H4,37,38,43)(H4,39,40,44)/t21-,22-,23-,24-,25+,26+,27-,28-,29+,30+,35-,36-/m0/s1. The molecule has 0 spiro atoms. The number of aliphatic imine (C=N–C) groups is 2. The number of hydrogen-bond donors (Lipinski definition) is 14. The van der Waals surface area contributed by atoms with Crippen molar-refractivity contribution in [1.82, 2.24) is 10.6 Å². The van der Waals surface area contributed by atoms with Crippen LogP contribution in [0.2, 0.25) is 0 Å². The van der Waals surface area contributed by atoms with Crippen LogP contribution < -0.4 is 33.6 Å². The molecule has 2 fully saturated rings. The first-order chi connectivity index (χ1) is 28.2. The average molecular weight is 899 g/mol. The van der Waals surface area contributed by atoms with Crippen LogP contribution in [0.25, 0.3) is 0 Å². The molecular formula is C36H66N8O14S2. The van der Waals surface area contributed by atoms with Gasteiger partial charge in [0, 0.05) is 26.7 Å². The lowest BCUT2D eigenvalue weighted by Gasteiger charge is -2.47. The molecule has 2 rings (SSSR count). The Kier molecular flexibility index (Phi) is 22.6. The Morgan fingerprint density at radius 3 is 1.17 bits per heavy atom. The van der Waals surface area contributed by atoms with Gasteiger partial charge < -0.3 is 83.9 Å². The molecule has 0 aromatic carbocycles. The lowest BCUT2D eigenvalue weighted by atomic mass is 9.88. The number of aliphatic hydroxyl groups is 6. The lowest BCUT2D eigenvalue weighted by Crippen LogP contribution is -2.66. The number of nitrogens with zero attached hydrogens (tertiary/aromatic N) is 2. The summed E-state index contributed by atoms with van der Waals surface area (Å²) >= 11 is 2.00. The van der Waals surface area contributed by atoms with E-state index in [9.17, 15) is 60.0 Å². The Morgan fingerprint density at radius 1 is 0.617 bits per heavy atom. The van der Waals surface area contributed by atoms with Crippen LogP contribution >= 0.6 is 23.5 Å². The second kappa shape index (κ2) is 25.7. The van der Waals surface area contributed by atoms with E-state index in [4.69, 9.17) is 32.4 Å². The zero-order valence-electron chi connectivity index (χ0n) is 34.1. The minimum absolute atomic E-state index is 0.248. The first-order valence-corrected chi connectivity index (χ1v) is 22.0. The van der Waals surface area contributed by atoms with Crippen LogP contribution in [0.5, 0.6) is 0 Å². The zero-order valence-corrected chi connectivity index (χ0v) is 35.8. The quantitative estimate of drug-likeness (QED) is 0.0225. The van der Waals surface area contributed by atoms with Crippen molar-refractivity contribution in [2.45, 2.75) is 162 Å². The van der Waals surface area contributed by atoms with Gasteiger partial charge in [-0.05, 0) is 24.3 Å². The fourth-order valence-corrected chi connectivity index (χ4v) is 9.82. The zero-order chi connectivity index (χ0) is 45.2. The van der Waals surface area contributed by atoms with E-state index in [1.807, 2.05) is 0 Å². The minimum Gasteiger partial charge on any atom is -0.478 e. The molecule has 60 heavy (non-hydrogen) atoms. The molecule has 18 N–H and O–H groups in total. The Hall–Kier alpha value is -3.20. The van der Waals surface area contributed by atoms with Crippen molar-refractivity contribution in [1.29, 1.82) is 0 Å². The molecule has 0 aromatic rings. The Labute approximate surface area is 357 Å². The molecule has 2 saturated heterocycles. The number of carbonyl (C=O) groups is 4. The summed E-state index contributed by atoms with van der Waals surface area (Å²) in [6.07, 6.45) is -1.81. The third-order valence-electron chi connectivity index (χ3n) is 10.2. The Bertz CT molecular complexity index is 1340. The van der Waals surface area contributed by atoms with E-state index < -0.39 is 108 Å². The number of guanidine groups is 2. The fraction of sp³-hybridized carbons (Fsp3) is 0.833. The summed E-state index contributed by atoms with van der Waals surface area (Å²) in [6, 6.07) is -4.25. The van der Waals surface area contributed by atoms with Crippen LogP contribution in [0.15, 0.2) is 9.98 Å². The number of thioether (sulfide) groups is 2. The number of aliphatic carboxylic acids is 2. The van der Waals surface area contributed by atoms with Gasteiger partial charge in [0.25, 0.3) is 0 Å². The predicted molar refractivity (Wildman–Crippen MR) is 223 cm³/mol. The van der Waals surface area contributed by atoms with Crippen LogP contribution in [-0.4, -0.2) is 172 Å². The summed E-state index contributed by atoms with van der Waals surface area (Å²) < 4.78 is 11.9. The van der Waals surface area contributed by atoms with Crippen LogP contribution in [0, 0.1) is 0 Å². The van der Waals surface area contributed by atoms with Crippen molar-refractivity contribution in [3.8, 4) is 0 Å². The topological polar surface area (TPSA) is 401 Å². The maximum Gasteiger partial charge on any atom is 0.346 e. The van der Waals surface area contributed by atoms with Crippen LogP contribution in [-0.2, 0) is 28.7 Å². The third-order valence-corrected chi connectivity index (χ3v) is 13.0. The van der Waals surface area contributed by atoms with E-state index in [1.54, 1.807) is 0 Å². The van der Waals surface area contributed by atoms with Gasteiger partial charge in [0.1, 0.15) is 36.6 Å². The normalized spacial score (nSPS) is 28.7. The number of unbranched alkanes of at least 4 members (excludes halogenated alkanes) is 9. The highest BCUT2D eigenvalue weighted by molar-refractivity contribution is 8.01. The SMILES string of the molecule is CC(=O)N[C@H]1[C@H]([C@@H](O)[C@@H](O)CO)O[C@@](SCCCCCCCCCCCCS[C@]2(C(=O)O)C[C@H](N=C(N)N)[C@@H](NC(C)=O)[C@H]([C@@H](O)[C@@H](O)CO)O2)(C(=O)O)C[C@@H]1N=C(N)N. The number of hydrogen-bond acceptors (Lipinski definition) is 16. The summed E-state index contributed by atoms with van der Waals surface area (Å²) in [4.78, 5) is 53.7. The number of carboxylic acids is 2. The van der Waals surface area contributed by atoms with Gasteiger partial charge in [-0.2, -0.15) is 0 Å². The number of amides is 2. The molecule has 0 bridgehead atoms. The molecule has 346 valence electrons. The molecule has 0 saturated carbocycles. The molecule has 0 unspecified atom stereocenters. The van der Waals surface area contributed by atoms with E-state index in [1.165, 1.54) is 13.8 Å². The monoisotopic (exact) mass is 898 g/mol. The molecule has 22 nitrogen and oxygen atoms in total. The second-order valence-corrected chi connectivity index (χ2v) is 17.8. The van der Waals surface area contributed by atoms with E-state index >= 15 is 0 Å². The summed E-state index contributed by atoms with van der Waals surface area (Å²) in [6.45, 7) is 0.728. The summed E-state index contributed by atoms with van der Waals surface area (Å²) in [7, 11) is 0. The number of aliphatic hydroxyl groups excluding tert-OH is 6. The van der Waals surface area contributed by atoms with Gasteiger partial charge >= 0.3 is 11.9 Å². The summed E-state index contributed by atoms with van der Waals surface area (Å²) in [5.41, 5.74) is 22.5. The van der Waals surface area contributed by atoms with Crippen LogP contribution in [0.3, 0.4) is 0 Å². The van der Waals surface area contributed by atoms with Crippen LogP contribution in [0.4, 0.5) is 0 Å². The number of ether oxygens (including phenoxy) is 2. The number of nitrogens with one attached hydrogen (secondary N) is 2. The Balaban J connectivity index is 1.84. The molecule has 2 aliphatic rings. The van der Waals surface area contributed by atoms with Gasteiger partial charge in [-0.3, -0.25) is 9.59 Å². The fourth-order valence-electron chi connectivity index (χ4n) is 7.28. The second-order valence-electron chi connectivity index (χ2n) is 15.1. The molecule has 2 amide bonds. The van der Waals surface area contributed by atoms with Crippen molar-refractivity contribution in [3.63, 3.8) is 0 Å². The van der Waals surface area contributed by atoms with Gasteiger partial charge in [-0.15, -0.1) is 23.5 Å². The van der Waals surface area contributed by atoms with E-state index in [2.05, 4.69) is 20.6 Å². The lowest BCUT2D eigenvalue weighted by molar-refractivity contribution is -0.191. The van der Waals surface area contributed by atoms with Gasteiger partial charge in [-0.1, -0.05) is 51.4 Å². The first kappa shape index (κ1) is 52.9. The highest BCUT2D eigenvalue weighted by atomic mass is 32.2. The van der Waals surface area contributed by atoms with Gasteiger partial charge in [0.15, 0.2) is 11.9 Å². The third kappa shape index (κ3) is 15.9. The molecule has 24 heteroatoms. The minimum atomic E-state index is -1.92. The molecule has 0 radical (unpaired) electrons. The maximum atomic E-state index is 12.6. The maximum absolute atomic E-state index is 12.6. The molecule has 0 aliphatic carbocycles. The molecule has 2 aliphatic heterocycles. The van der Waals surface area contributed by atoms with Crippen molar-refractivity contribution in [2.24, 2.45) is 32.9 Å². The molecule has 0 aromatic heterocycles. The smallest absolute Gasteiger partial charge is 0.346 e. The molecule has 12 atom stereocenters. The average Bonchev–Trinajstić information content (AvgIpc) is 3.17. The molecule has 2 heterocycles. The number of nitrogens with two attached hydrogens (primary N) is 4. The van der Waals surface area contributed by atoms with E-state index in [-0.39, 0.29) is 24.8 Å². The van der Waals surface area contributed by atoms with E-state index in [0.29, 0.717) is 24.3 Å². The molecular weight excluding hydrogens is 833 g/mol. The van der Waals surface area contributed by atoms with Crippen molar-refractivity contribution >= 4 is 59.2 Å². The summed E-state index contributed by atoms with van der Waals surface area (Å²) in [5, 5.41) is 86.6. The van der Waals surface area contributed by atoms with Crippen molar-refractivity contribution in [3.05, 3.63) is 0 Å².